The van der Waals surface area contributed by atoms with E-state index in [4.69, 9.17) is 9.73 Å². The molecule has 0 saturated heterocycles. The number of likely N-dealkylation sites (N-methyl/N-ethyl adjacent to an activating group) is 1. The third kappa shape index (κ3) is 5.74. The predicted molar refractivity (Wildman–Crippen MR) is 119 cm³/mol. The molecular weight excluding hydrogens is 439 g/mol. The molecule has 0 aromatic heterocycles. The SMILES string of the molecule is CCNC(=NCCN(C)C1CCCC1)NC1CCOc2ccccc21.I. The highest BCUT2D eigenvalue weighted by Gasteiger charge is 2.22. The van der Waals surface area contributed by atoms with Gasteiger partial charge in [0.25, 0.3) is 0 Å². The van der Waals surface area contributed by atoms with Crippen molar-refractivity contribution >= 4 is 29.9 Å². The van der Waals surface area contributed by atoms with Gasteiger partial charge < -0.3 is 20.3 Å². The molecule has 6 heteroatoms. The van der Waals surface area contributed by atoms with Crippen LogP contribution in [0.1, 0.15) is 50.6 Å². The Morgan fingerprint density at radius 1 is 1.23 bits per heavy atom. The fourth-order valence-electron chi connectivity index (χ4n) is 3.82. The molecule has 3 rings (SSSR count). The maximum atomic E-state index is 5.76. The minimum atomic E-state index is 0. The van der Waals surface area contributed by atoms with Gasteiger partial charge in [-0.05, 0) is 32.9 Å². The number of para-hydroxylation sites is 1. The van der Waals surface area contributed by atoms with Crippen molar-refractivity contribution in [2.24, 2.45) is 4.99 Å². The summed E-state index contributed by atoms with van der Waals surface area (Å²) in [5.74, 6) is 1.90. The zero-order chi connectivity index (χ0) is 17.5. The van der Waals surface area contributed by atoms with Crippen LogP contribution in [0.4, 0.5) is 0 Å². The van der Waals surface area contributed by atoms with E-state index in [-0.39, 0.29) is 30.0 Å². The van der Waals surface area contributed by atoms with Gasteiger partial charge in [-0.2, -0.15) is 0 Å². The lowest BCUT2D eigenvalue weighted by Gasteiger charge is -2.28. The summed E-state index contributed by atoms with van der Waals surface area (Å²) in [6.07, 6.45) is 6.41. The van der Waals surface area contributed by atoms with Crippen molar-refractivity contribution in [1.82, 2.24) is 15.5 Å². The van der Waals surface area contributed by atoms with E-state index in [2.05, 4.69) is 41.6 Å². The van der Waals surface area contributed by atoms with Crippen LogP contribution < -0.4 is 15.4 Å². The molecule has 146 valence electrons. The molecule has 0 amide bonds. The Morgan fingerprint density at radius 3 is 2.77 bits per heavy atom. The summed E-state index contributed by atoms with van der Waals surface area (Å²) in [4.78, 5) is 7.28. The molecular formula is C20H33IN4O. The summed E-state index contributed by atoms with van der Waals surface area (Å²) in [6, 6.07) is 9.30. The number of hydrogen-bond acceptors (Lipinski definition) is 3. The van der Waals surface area contributed by atoms with Gasteiger partial charge in [0.1, 0.15) is 5.75 Å². The Hall–Kier alpha value is -1.02. The standard InChI is InChI=1S/C20H32N4O.HI/c1-3-21-20(22-13-14-24(2)16-8-4-5-9-16)23-18-12-15-25-19-11-7-6-10-17(18)19;/h6-7,10-11,16,18H,3-5,8-9,12-15H2,1-2H3,(H2,21,22,23);1H. The van der Waals surface area contributed by atoms with E-state index < -0.39 is 0 Å². The number of benzene rings is 1. The monoisotopic (exact) mass is 472 g/mol. The van der Waals surface area contributed by atoms with Crippen LogP contribution in [0.3, 0.4) is 0 Å². The van der Waals surface area contributed by atoms with Crippen LogP contribution in [0.2, 0.25) is 0 Å². The van der Waals surface area contributed by atoms with E-state index in [1.165, 1.54) is 31.2 Å². The fraction of sp³-hybridized carbons (Fsp3) is 0.650. The van der Waals surface area contributed by atoms with E-state index in [0.717, 1.165) is 50.4 Å². The van der Waals surface area contributed by atoms with E-state index in [9.17, 15) is 0 Å². The molecule has 26 heavy (non-hydrogen) atoms. The first-order chi connectivity index (χ1) is 12.3. The molecule has 0 radical (unpaired) electrons. The van der Waals surface area contributed by atoms with Crippen molar-refractivity contribution in [2.75, 3.05) is 33.3 Å². The minimum Gasteiger partial charge on any atom is -0.493 e. The van der Waals surface area contributed by atoms with Crippen molar-refractivity contribution in [1.29, 1.82) is 0 Å². The maximum absolute atomic E-state index is 5.76. The Labute approximate surface area is 175 Å². The highest BCUT2D eigenvalue weighted by atomic mass is 127. The van der Waals surface area contributed by atoms with Gasteiger partial charge in [-0.15, -0.1) is 24.0 Å². The number of hydrogen-bond donors (Lipinski definition) is 2. The number of fused-ring (bicyclic) bond motifs is 1. The molecule has 1 aromatic rings. The van der Waals surface area contributed by atoms with Crippen LogP contribution in [0.25, 0.3) is 0 Å². The zero-order valence-electron chi connectivity index (χ0n) is 16.0. The second-order valence-corrected chi connectivity index (χ2v) is 7.05. The number of nitrogens with one attached hydrogen (secondary N) is 2. The maximum Gasteiger partial charge on any atom is 0.191 e. The summed E-state index contributed by atoms with van der Waals surface area (Å²) >= 11 is 0. The molecule has 1 fully saturated rings. The lowest BCUT2D eigenvalue weighted by Crippen LogP contribution is -2.41. The first-order valence-corrected chi connectivity index (χ1v) is 9.74. The number of rotatable bonds is 6. The summed E-state index contributed by atoms with van der Waals surface area (Å²) < 4.78 is 5.76. The van der Waals surface area contributed by atoms with Gasteiger partial charge in [0.15, 0.2) is 5.96 Å². The smallest absolute Gasteiger partial charge is 0.191 e. The topological polar surface area (TPSA) is 48.9 Å². The largest absolute Gasteiger partial charge is 0.493 e. The number of nitrogens with zero attached hydrogens (tertiary/aromatic N) is 2. The van der Waals surface area contributed by atoms with Crippen LogP contribution in [-0.4, -0.2) is 50.2 Å². The Kier molecular flexibility index (Phi) is 8.98. The molecule has 1 aromatic carbocycles. The highest BCUT2D eigenvalue weighted by molar-refractivity contribution is 14.0. The molecule has 0 bridgehead atoms. The van der Waals surface area contributed by atoms with Gasteiger partial charge in [-0.1, -0.05) is 31.0 Å². The second-order valence-electron chi connectivity index (χ2n) is 7.05. The van der Waals surface area contributed by atoms with Gasteiger partial charge in [-0.25, -0.2) is 0 Å². The van der Waals surface area contributed by atoms with E-state index in [1.54, 1.807) is 0 Å². The van der Waals surface area contributed by atoms with Crippen molar-refractivity contribution in [2.45, 2.75) is 51.1 Å². The molecule has 1 aliphatic carbocycles. The first kappa shape index (κ1) is 21.3. The number of aliphatic imine (C=N–C) groups is 1. The minimum absolute atomic E-state index is 0. The Balaban J connectivity index is 0.00000243. The number of halogens is 1. The van der Waals surface area contributed by atoms with Crippen molar-refractivity contribution in [3.8, 4) is 5.75 Å². The molecule has 2 aliphatic rings. The van der Waals surface area contributed by atoms with Crippen LogP contribution in [-0.2, 0) is 0 Å². The van der Waals surface area contributed by atoms with Crippen molar-refractivity contribution in [3.63, 3.8) is 0 Å². The van der Waals surface area contributed by atoms with Gasteiger partial charge >= 0.3 is 0 Å². The average molecular weight is 472 g/mol. The van der Waals surface area contributed by atoms with Gasteiger partial charge in [0, 0.05) is 31.1 Å². The lowest BCUT2D eigenvalue weighted by atomic mass is 10.0. The summed E-state index contributed by atoms with van der Waals surface area (Å²) in [5, 5.41) is 6.98. The third-order valence-electron chi connectivity index (χ3n) is 5.28. The zero-order valence-corrected chi connectivity index (χ0v) is 18.4. The summed E-state index contributed by atoms with van der Waals surface area (Å²) in [5.41, 5.74) is 1.22. The first-order valence-electron chi connectivity index (χ1n) is 9.74. The molecule has 1 heterocycles. The normalized spacial score (nSPS) is 20.3. The molecule has 1 atom stereocenters. The lowest BCUT2D eigenvalue weighted by molar-refractivity contribution is 0.252. The van der Waals surface area contributed by atoms with E-state index in [1.807, 2.05) is 12.1 Å². The average Bonchev–Trinajstić information content (AvgIpc) is 3.17. The summed E-state index contributed by atoms with van der Waals surface area (Å²) in [6.45, 7) is 5.58. The van der Waals surface area contributed by atoms with Gasteiger partial charge in [-0.3, -0.25) is 4.99 Å². The molecule has 2 N–H and O–H groups in total. The Bertz CT molecular complexity index is 575. The quantitative estimate of drug-likeness (QED) is 0.378. The van der Waals surface area contributed by atoms with Crippen LogP contribution in [0, 0.1) is 0 Å². The van der Waals surface area contributed by atoms with Gasteiger partial charge in [0.2, 0.25) is 0 Å². The molecule has 1 unspecified atom stereocenters. The highest BCUT2D eigenvalue weighted by Crippen LogP contribution is 2.31. The van der Waals surface area contributed by atoms with Crippen LogP contribution in [0.15, 0.2) is 29.3 Å². The Morgan fingerprint density at radius 2 is 2.00 bits per heavy atom. The number of ether oxygens (including phenoxy) is 1. The summed E-state index contributed by atoms with van der Waals surface area (Å²) in [7, 11) is 2.24. The molecule has 1 saturated carbocycles. The van der Waals surface area contributed by atoms with Crippen LogP contribution in [0.5, 0.6) is 5.75 Å². The van der Waals surface area contributed by atoms with Gasteiger partial charge in [0.05, 0.1) is 19.2 Å². The van der Waals surface area contributed by atoms with Crippen molar-refractivity contribution < 1.29 is 4.74 Å². The van der Waals surface area contributed by atoms with E-state index >= 15 is 0 Å². The second kappa shape index (κ2) is 11.0. The van der Waals surface area contributed by atoms with E-state index in [0.29, 0.717) is 0 Å². The molecule has 5 nitrogen and oxygen atoms in total. The van der Waals surface area contributed by atoms with Crippen molar-refractivity contribution in [3.05, 3.63) is 29.8 Å². The number of guanidine groups is 1. The molecule has 1 aliphatic heterocycles. The predicted octanol–water partition coefficient (Wildman–Crippen LogP) is 3.56. The fourth-order valence-corrected chi connectivity index (χ4v) is 3.82. The molecule has 0 spiro atoms. The third-order valence-corrected chi connectivity index (χ3v) is 5.28. The van der Waals surface area contributed by atoms with Crippen LogP contribution >= 0.6 is 24.0 Å².